The molecule has 450 valence electrons. The van der Waals surface area contributed by atoms with Gasteiger partial charge in [-0.1, -0.05) is 200 Å². The van der Waals surface area contributed by atoms with Gasteiger partial charge in [-0.25, -0.2) is 0 Å². The molecular weight excluding hydrogens is 1000 g/mol. The van der Waals surface area contributed by atoms with Crippen molar-refractivity contribution in [1.29, 1.82) is 0 Å². The summed E-state index contributed by atoms with van der Waals surface area (Å²) >= 11 is 0. The second-order valence-electron chi connectivity index (χ2n) is 20.7. The first-order valence-corrected chi connectivity index (χ1v) is 30.3. The number of hydrogen-bond acceptors (Lipinski definition) is 13. The number of nitrogens with one attached hydrogen (secondary N) is 1. The van der Waals surface area contributed by atoms with Crippen LogP contribution >= 0.6 is 0 Å². The van der Waals surface area contributed by atoms with E-state index < -0.39 is 86.8 Å². The first kappa shape index (κ1) is 71.5. The highest BCUT2D eigenvalue weighted by atomic mass is 16.7. The summed E-state index contributed by atoms with van der Waals surface area (Å²) in [5, 5.41) is 87.1. The van der Waals surface area contributed by atoms with Gasteiger partial charge < -0.3 is 65.1 Å². The Hall–Kier alpha value is -3.61. The van der Waals surface area contributed by atoms with E-state index in [1.54, 1.807) is 6.08 Å². The monoisotopic (exact) mass is 1110 g/mol. The minimum absolute atomic E-state index is 0.248. The van der Waals surface area contributed by atoms with Crippen molar-refractivity contribution in [3.63, 3.8) is 0 Å². The van der Waals surface area contributed by atoms with Crippen molar-refractivity contribution in [3.05, 3.63) is 122 Å². The van der Waals surface area contributed by atoms with E-state index in [0.717, 1.165) is 116 Å². The first-order chi connectivity index (χ1) is 38.6. The van der Waals surface area contributed by atoms with E-state index in [1.165, 1.54) is 38.5 Å². The Labute approximate surface area is 476 Å². The Morgan fingerprint density at radius 1 is 0.468 bits per heavy atom. The number of rotatable bonds is 46. The second-order valence-corrected chi connectivity index (χ2v) is 20.7. The molecule has 1 amide bonds. The van der Waals surface area contributed by atoms with E-state index in [9.17, 15) is 45.6 Å². The highest BCUT2D eigenvalue weighted by Crippen LogP contribution is 2.30. The van der Waals surface area contributed by atoms with Crippen LogP contribution in [-0.4, -0.2) is 140 Å². The van der Waals surface area contributed by atoms with Gasteiger partial charge in [0.2, 0.25) is 5.91 Å². The summed E-state index contributed by atoms with van der Waals surface area (Å²) in [6, 6.07) is -0.953. The summed E-state index contributed by atoms with van der Waals surface area (Å²) in [6.45, 7) is 2.62. The Balaban J connectivity index is 1.76. The third-order valence-corrected chi connectivity index (χ3v) is 13.9. The van der Waals surface area contributed by atoms with Crippen LogP contribution in [0.2, 0.25) is 0 Å². The maximum atomic E-state index is 13.3. The fourth-order valence-corrected chi connectivity index (χ4v) is 9.01. The van der Waals surface area contributed by atoms with Gasteiger partial charge in [0.1, 0.15) is 48.8 Å². The molecule has 0 bridgehead atoms. The number of allylic oxidation sites excluding steroid dienone is 19. The van der Waals surface area contributed by atoms with E-state index in [2.05, 4.69) is 129 Å². The van der Waals surface area contributed by atoms with Crippen LogP contribution in [0.15, 0.2) is 122 Å². The van der Waals surface area contributed by atoms with Crippen molar-refractivity contribution in [2.75, 3.05) is 19.8 Å². The van der Waals surface area contributed by atoms with Gasteiger partial charge >= 0.3 is 0 Å². The molecular formula is C65H107NO13. The molecule has 0 radical (unpaired) electrons. The molecule has 2 fully saturated rings. The molecule has 9 N–H and O–H groups in total. The molecule has 0 aliphatic carbocycles. The van der Waals surface area contributed by atoms with Crippen molar-refractivity contribution in [2.24, 2.45) is 0 Å². The number of hydrogen-bond donors (Lipinski definition) is 9. The Morgan fingerprint density at radius 3 is 1.39 bits per heavy atom. The minimum atomic E-state index is -1.80. The maximum absolute atomic E-state index is 13.3. The van der Waals surface area contributed by atoms with Crippen LogP contribution in [0.4, 0.5) is 0 Å². The van der Waals surface area contributed by atoms with Crippen molar-refractivity contribution in [2.45, 2.75) is 261 Å². The molecule has 2 heterocycles. The van der Waals surface area contributed by atoms with Crippen LogP contribution in [0.1, 0.15) is 187 Å². The summed E-state index contributed by atoms with van der Waals surface area (Å²) in [6.07, 6.45) is 53.7. The number of carbonyl (C=O) groups is 1. The number of aliphatic hydroxyl groups is 8. The molecule has 0 aromatic carbocycles. The number of carbonyl (C=O) groups excluding carboxylic acids is 1. The van der Waals surface area contributed by atoms with Crippen LogP contribution in [0.25, 0.3) is 0 Å². The topological polar surface area (TPSA) is 228 Å². The highest BCUT2D eigenvalue weighted by Gasteiger charge is 2.51. The summed E-state index contributed by atoms with van der Waals surface area (Å²) in [7, 11) is 0. The predicted molar refractivity (Wildman–Crippen MR) is 318 cm³/mol. The SMILES string of the molecule is CC/C=C\C/C=C\C/C=C\C/C=C\C/C=C\C/C=C\C/C=C\CCCCCCCCCC(=O)NC(COC1OC(CO)C(OC2OC(CO)C(O)C(O)C2O)C(O)C1O)C(O)/C=C/CC/C=C/CC/C=C/CCCCCCCC. The fraction of sp³-hybridized carbons (Fsp3) is 0.677. The summed E-state index contributed by atoms with van der Waals surface area (Å²) in [5.41, 5.74) is 0. The van der Waals surface area contributed by atoms with Gasteiger partial charge in [0.15, 0.2) is 12.6 Å². The van der Waals surface area contributed by atoms with Gasteiger partial charge in [0, 0.05) is 6.42 Å². The lowest BCUT2D eigenvalue weighted by Gasteiger charge is -2.46. The van der Waals surface area contributed by atoms with E-state index >= 15 is 0 Å². The molecule has 2 aliphatic rings. The van der Waals surface area contributed by atoms with Crippen LogP contribution in [0, 0.1) is 0 Å². The van der Waals surface area contributed by atoms with Crippen molar-refractivity contribution < 1.29 is 64.6 Å². The van der Waals surface area contributed by atoms with Gasteiger partial charge in [-0.2, -0.15) is 0 Å². The molecule has 2 aliphatic heterocycles. The molecule has 12 atom stereocenters. The summed E-state index contributed by atoms with van der Waals surface area (Å²) in [4.78, 5) is 13.3. The smallest absolute Gasteiger partial charge is 0.220 e. The van der Waals surface area contributed by atoms with Gasteiger partial charge in [-0.15, -0.1) is 0 Å². The number of aliphatic hydroxyl groups excluding tert-OH is 8. The minimum Gasteiger partial charge on any atom is -0.394 e. The quantitative estimate of drug-likeness (QED) is 0.0204. The normalized spacial score (nSPS) is 25.3. The van der Waals surface area contributed by atoms with E-state index in [-0.39, 0.29) is 18.9 Å². The average Bonchev–Trinajstić information content (AvgIpc) is 3.48. The maximum Gasteiger partial charge on any atom is 0.220 e. The van der Waals surface area contributed by atoms with Crippen LogP contribution in [0.3, 0.4) is 0 Å². The first-order valence-electron chi connectivity index (χ1n) is 30.3. The Kier molecular flexibility index (Phi) is 44.4. The van der Waals surface area contributed by atoms with Crippen LogP contribution in [-0.2, 0) is 23.7 Å². The average molecular weight is 1110 g/mol. The number of amides is 1. The number of unbranched alkanes of at least 4 members (excludes halogenated alkanes) is 15. The van der Waals surface area contributed by atoms with Gasteiger partial charge in [0.25, 0.3) is 0 Å². The zero-order valence-corrected chi connectivity index (χ0v) is 48.3. The molecule has 79 heavy (non-hydrogen) atoms. The van der Waals surface area contributed by atoms with Crippen LogP contribution < -0.4 is 5.32 Å². The molecule has 0 spiro atoms. The molecule has 14 heteroatoms. The molecule has 2 rings (SSSR count). The Morgan fingerprint density at radius 2 is 0.886 bits per heavy atom. The standard InChI is InChI=1S/C65H107NO13/c1-3-5-7-9-11-13-15-17-19-21-22-23-24-25-26-27-28-29-30-31-32-33-35-37-39-41-43-45-47-49-57(70)66-53(54(69)48-46-44-42-40-38-36-34-20-18-16-14-12-10-8-6-4-2)52-76-64-62(75)60(73)63(56(51-68)78-64)79-65-61(74)59(72)58(71)55(50-67)77-65/h5,7,11,13,17-20,22-23,25-26,28-29,31-32,38,40,46,48,53-56,58-65,67-69,71-75H,3-4,6,8-10,12,14-16,21,24,27,30,33-37,39,41-45,47,49-52H2,1-2H3,(H,66,70)/b7-5-,13-11-,19-17-,20-18+,23-22-,26-25-,29-28-,32-31-,40-38+,48-46+. The predicted octanol–water partition coefficient (Wildman–Crippen LogP) is 10.6. The van der Waals surface area contributed by atoms with Gasteiger partial charge in [0.05, 0.1) is 32.0 Å². The lowest BCUT2D eigenvalue weighted by Crippen LogP contribution is -2.65. The summed E-state index contributed by atoms with van der Waals surface area (Å²) < 4.78 is 22.7. The van der Waals surface area contributed by atoms with Gasteiger partial charge in [-0.05, 0) is 103 Å². The second kappa shape index (κ2) is 49.0. The van der Waals surface area contributed by atoms with Crippen LogP contribution in [0.5, 0.6) is 0 Å². The van der Waals surface area contributed by atoms with Crippen molar-refractivity contribution in [3.8, 4) is 0 Å². The lowest BCUT2D eigenvalue weighted by atomic mass is 9.97. The van der Waals surface area contributed by atoms with E-state index in [4.69, 9.17) is 18.9 Å². The molecule has 0 aromatic heterocycles. The lowest BCUT2D eigenvalue weighted by molar-refractivity contribution is -0.359. The third-order valence-electron chi connectivity index (χ3n) is 13.9. The molecule has 0 aromatic rings. The summed E-state index contributed by atoms with van der Waals surface area (Å²) in [5.74, 6) is -0.271. The molecule has 14 nitrogen and oxygen atoms in total. The zero-order valence-electron chi connectivity index (χ0n) is 48.3. The molecule has 2 saturated heterocycles. The molecule has 0 saturated carbocycles. The largest absolute Gasteiger partial charge is 0.394 e. The zero-order chi connectivity index (χ0) is 57.4. The van der Waals surface area contributed by atoms with E-state index in [0.29, 0.717) is 12.8 Å². The van der Waals surface area contributed by atoms with Crippen molar-refractivity contribution >= 4 is 5.91 Å². The highest BCUT2D eigenvalue weighted by molar-refractivity contribution is 5.76. The molecule has 12 unspecified atom stereocenters. The number of ether oxygens (including phenoxy) is 4. The Bertz CT molecular complexity index is 1790. The van der Waals surface area contributed by atoms with Crippen molar-refractivity contribution in [1.82, 2.24) is 5.32 Å². The van der Waals surface area contributed by atoms with E-state index in [1.807, 2.05) is 6.08 Å². The third kappa shape index (κ3) is 34.4. The van der Waals surface area contributed by atoms with Gasteiger partial charge in [-0.3, -0.25) is 4.79 Å². The fourth-order valence-electron chi connectivity index (χ4n) is 9.01.